The zero-order valence-electron chi connectivity index (χ0n) is 14.2. The molecule has 3 rings (SSSR count). The molecule has 0 N–H and O–H groups in total. The summed E-state index contributed by atoms with van der Waals surface area (Å²) >= 11 is 0. The van der Waals surface area contributed by atoms with Crippen LogP contribution in [0, 0.1) is 5.92 Å². The van der Waals surface area contributed by atoms with Crippen molar-refractivity contribution in [1.29, 1.82) is 0 Å². The Morgan fingerprint density at radius 1 is 1.04 bits per heavy atom. The Morgan fingerprint density at radius 3 is 2.36 bits per heavy atom. The zero-order chi connectivity index (χ0) is 17.5. The Labute approximate surface area is 147 Å². The van der Waals surface area contributed by atoms with Gasteiger partial charge in [0, 0.05) is 12.6 Å². The Balaban J connectivity index is 1.50. The minimum Gasteiger partial charge on any atom is -0.461 e. The highest BCUT2D eigenvalue weighted by Gasteiger charge is 2.17. The maximum atomic E-state index is 12.1. The first kappa shape index (κ1) is 16.9. The fraction of sp³-hybridized carbons (Fsp3) is 0.250. The summed E-state index contributed by atoms with van der Waals surface area (Å²) < 4.78 is 7.16. The molecule has 0 amide bonds. The fourth-order valence-electron chi connectivity index (χ4n) is 2.55. The van der Waals surface area contributed by atoms with Crippen molar-refractivity contribution in [3.05, 3.63) is 83.7 Å². The smallest absolute Gasteiger partial charge is 0.309 e. The third kappa shape index (κ3) is 5.01. The SMILES string of the molecule is CC(Cc1cn(Cc2ccccc2)nn1)C(=O)OCc1ccccc1. The van der Waals surface area contributed by atoms with Crippen LogP contribution in [0.4, 0.5) is 0 Å². The molecular weight excluding hydrogens is 314 g/mol. The highest BCUT2D eigenvalue weighted by molar-refractivity contribution is 5.72. The van der Waals surface area contributed by atoms with Crippen LogP contribution in [0.3, 0.4) is 0 Å². The van der Waals surface area contributed by atoms with Crippen molar-refractivity contribution in [2.24, 2.45) is 5.92 Å². The molecule has 0 spiro atoms. The van der Waals surface area contributed by atoms with Crippen LogP contribution in [0.5, 0.6) is 0 Å². The van der Waals surface area contributed by atoms with E-state index in [9.17, 15) is 4.79 Å². The average Bonchev–Trinajstić information content (AvgIpc) is 3.08. The summed E-state index contributed by atoms with van der Waals surface area (Å²) in [4.78, 5) is 12.1. The van der Waals surface area contributed by atoms with Gasteiger partial charge in [0.25, 0.3) is 0 Å². The number of nitrogens with zero attached hydrogens (tertiary/aromatic N) is 3. The molecular formula is C20H21N3O2. The van der Waals surface area contributed by atoms with Gasteiger partial charge < -0.3 is 4.74 Å². The summed E-state index contributed by atoms with van der Waals surface area (Å²) in [6.07, 6.45) is 2.40. The van der Waals surface area contributed by atoms with E-state index in [0.29, 0.717) is 19.6 Å². The maximum absolute atomic E-state index is 12.1. The van der Waals surface area contributed by atoms with Crippen molar-refractivity contribution < 1.29 is 9.53 Å². The van der Waals surface area contributed by atoms with Gasteiger partial charge in [-0.2, -0.15) is 0 Å². The molecule has 0 saturated carbocycles. The van der Waals surface area contributed by atoms with Crippen LogP contribution in [-0.4, -0.2) is 21.0 Å². The number of benzene rings is 2. The van der Waals surface area contributed by atoms with E-state index in [4.69, 9.17) is 4.74 Å². The first-order valence-electron chi connectivity index (χ1n) is 8.34. The summed E-state index contributed by atoms with van der Waals surface area (Å²) in [6, 6.07) is 19.7. The lowest BCUT2D eigenvalue weighted by Gasteiger charge is -2.10. The number of carbonyl (C=O) groups is 1. The largest absolute Gasteiger partial charge is 0.461 e. The second-order valence-electron chi connectivity index (χ2n) is 6.09. The highest BCUT2D eigenvalue weighted by Crippen LogP contribution is 2.10. The highest BCUT2D eigenvalue weighted by atomic mass is 16.5. The lowest BCUT2D eigenvalue weighted by atomic mass is 10.1. The molecule has 0 aliphatic carbocycles. The first-order valence-corrected chi connectivity index (χ1v) is 8.34. The van der Waals surface area contributed by atoms with Crippen LogP contribution in [0.2, 0.25) is 0 Å². The topological polar surface area (TPSA) is 57.0 Å². The van der Waals surface area contributed by atoms with Crippen molar-refractivity contribution in [2.75, 3.05) is 0 Å². The Hall–Kier alpha value is -2.95. The number of carbonyl (C=O) groups excluding carboxylic acids is 1. The van der Waals surface area contributed by atoms with E-state index in [-0.39, 0.29) is 11.9 Å². The molecule has 128 valence electrons. The van der Waals surface area contributed by atoms with Crippen LogP contribution in [-0.2, 0) is 29.1 Å². The van der Waals surface area contributed by atoms with Crippen LogP contribution < -0.4 is 0 Å². The lowest BCUT2D eigenvalue weighted by Crippen LogP contribution is -2.17. The van der Waals surface area contributed by atoms with Gasteiger partial charge in [-0.05, 0) is 11.1 Å². The number of rotatable bonds is 7. The Kier molecular flexibility index (Phi) is 5.57. The zero-order valence-corrected chi connectivity index (χ0v) is 14.2. The second-order valence-corrected chi connectivity index (χ2v) is 6.09. The van der Waals surface area contributed by atoms with Crippen molar-refractivity contribution in [2.45, 2.75) is 26.5 Å². The number of esters is 1. The van der Waals surface area contributed by atoms with E-state index >= 15 is 0 Å². The molecule has 5 nitrogen and oxygen atoms in total. The quantitative estimate of drug-likeness (QED) is 0.622. The van der Waals surface area contributed by atoms with E-state index < -0.39 is 0 Å². The summed E-state index contributed by atoms with van der Waals surface area (Å²) in [5, 5.41) is 8.29. The molecule has 0 aliphatic rings. The normalized spacial score (nSPS) is 11.9. The summed E-state index contributed by atoms with van der Waals surface area (Å²) in [7, 11) is 0. The maximum Gasteiger partial charge on any atom is 0.309 e. The number of aromatic nitrogens is 3. The lowest BCUT2D eigenvalue weighted by molar-refractivity contribution is -0.149. The van der Waals surface area contributed by atoms with Crippen LogP contribution in [0.1, 0.15) is 23.7 Å². The van der Waals surface area contributed by atoms with Gasteiger partial charge in [0.05, 0.1) is 18.2 Å². The third-order valence-corrected chi connectivity index (χ3v) is 3.92. The molecule has 0 saturated heterocycles. The molecule has 25 heavy (non-hydrogen) atoms. The van der Waals surface area contributed by atoms with E-state index in [1.165, 1.54) is 0 Å². The van der Waals surface area contributed by atoms with Crippen LogP contribution in [0.25, 0.3) is 0 Å². The predicted molar refractivity (Wildman–Crippen MR) is 94.7 cm³/mol. The van der Waals surface area contributed by atoms with Crippen molar-refractivity contribution in [3.63, 3.8) is 0 Å². The van der Waals surface area contributed by atoms with E-state index in [1.807, 2.05) is 73.8 Å². The standard InChI is InChI=1S/C20H21N3O2/c1-16(20(24)25-15-18-10-6-3-7-11-18)12-19-14-23(22-21-19)13-17-8-4-2-5-9-17/h2-11,14,16H,12-13,15H2,1H3. The molecule has 0 bridgehead atoms. The van der Waals surface area contributed by atoms with Gasteiger partial charge >= 0.3 is 5.97 Å². The second kappa shape index (κ2) is 8.24. The number of ether oxygens (including phenoxy) is 1. The molecule has 1 heterocycles. The number of hydrogen-bond acceptors (Lipinski definition) is 4. The van der Waals surface area contributed by atoms with Crippen LogP contribution >= 0.6 is 0 Å². The molecule has 1 unspecified atom stereocenters. The molecule has 0 fully saturated rings. The molecule has 0 radical (unpaired) electrons. The van der Waals surface area contributed by atoms with Gasteiger partial charge in [0.1, 0.15) is 6.61 Å². The molecule has 1 aromatic heterocycles. The van der Waals surface area contributed by atoms with E-state index in [0.717, 1.165) is 16.8 Å². The molecule has 5 heteroatoms. The Bertz CT molecular complexity index is 800. The number of hydrogen-bond donors (Lipinski definition) is 0. The fourth-order valence-corrected chi connectivity index (χ4v) is 2.55. The Morgan fingerprint density at radius 2 is 1.68 bits per heavy atom. The first-order chi connectivity index (χ1) is 12.2. The van der Waals surface area contributed by atoms with Crippen molar-refractivity contribution in [1.82, 2.24) is 15.0 Å². The van der Waals surface area contributed by atoms with E-state index in [2.05, 4.69) is 10.3 Å². The third-order valence-electron chi connectivity index (χ3n) is 3.92. The van der Waals surface area contributed by atoms with E-state index in [1.54, 1.807) is 4.68 Å². The van der Waals surface area contributed by atoms with Crippen LogP contribution in [0.15, 0.2) is 66.9 Å². The van der Waals surface area contributed by atoms with Gasteiger partial charge in [-0.15, -0.1) is 5.10 Å². The summed E-state index contributed by atoms with van der Waals surface area (Å²) in [5.41, 5.74) is 2.94. The van der Waals surface area contributed by atoms with Gasteiger partial charge in [-0.3, -0.25) is 4.79 Å². The van der Waals surface area contributed by atoms with Gasteiger partial charge in [0.2, 0.25) is 0 Å². The minimum absolute atomic E-state index is 0.221. The monoisotopic (exact) mass is 335 g/mol. The minimum atomic E-state index is -0.259. The summed E-state index contributed by atoms with van der Waals surface area (Å²) in [5.74, 6) is -0.480. The van der Waals surface area contributed by atoms with Crippen molar-refractivity contribution >= 4 is 5.97 Å². The molecule has 3 aromatic rings. The van der Waals surface area contributed by atoms with Crippen molar-refractivity contribution in [3.8, 4) is 0 Å². The van der Waals surface area contributed by atoms with Gasteiger partial charge in [0.15, 0.2) is 0 Å². The molecule has 0 aliphatic heterocycles. The summed E-state index contributed by atoms with van der Waals surface area (Å²) in [6.45, 7) is 2.81. The van der Waals surface area contributed by atoms with Gasteiger partial charge in [-0.25, -0.2) is 4.68 Å². The molecule has 2 aromatic carbocycles. The van der Waals surface area contributed by atoms with Gasteiger partial charge in [-0.1, -0.05) is 72.8 Å². The predicted octanol–water partition coefficient (Wildman–Crippen LogP) is 3.25. The molecule has 1 atom stereocenters. The average molecular weight is 335 g/mol.